The van der Waals surface area contributed by atoms with E-state index in [0.29, 0.717) is 12.8 Å². The predicted molar refractivity (Wildman–Crippen MR) is 112 cm³/mol. The fourth-order valence-electron chi connectivity index (χ4n) is 3.77. The topological polar surface area (TPSA) is 112 Å². The van der Waals surface area contributed by atoms with E-state index < -0.39 is 17.9 Å². The Bertz CT molecular complexity index is 844. The van der Waals surface area contributed by atoms with Crippen LogP contribution in [0.5, 0.6) is 0 Å². The first kappa shape index (κ1) is 21.6. The summed E-state index contributed by atoms with van der Waals surface area (Å²) in [6.45, 7) is 0.850. The quantitative estimate of drug-likeness (QED) is 0.500. The number of terminal acetylenes is 1. The summed E-state index contributed by atoms with van der Waals surface area (Å²) in [5.41, 5.74) is 2.47. The van der Waals surface area contributed by atoms with Crippen LogP contribution < -0.4 is 10.6 Å². The number of aromatic nitrogens is 1. The maximum atomic E-state index is 12.8. The Morgan fingerprint density at radius 3 is 2.90 bits per heavy atom. The molecule has 0 spiro atoms. The van der Waals surface area contributed by atoms with Crippen LogP contribution in [0.3, 0.4) is 0 Å². The molecule has 160 valence electrons. The lowest BCUT2D eigenvalue weighted by Gasteiger charge is -2.23. The van der Waals surface area contributed by atoms with E-state index in [0.717, 1.165) is 44.5 Å². The molecule has 1 aromatic rings. The lowest BCUT2D eigenvalue weighted by atomic mass is 9.97. The van der Waals surface area contributed by atoms with Crippen LogP contribution in [-0.2, 0) is 27.2 Å². The van der Waals surface area contributed by atoms with E-state index in [1.54, 1.807) is 11.1 Å². The van der Waals surface area contributed by atoms with Crippen LogP contribution in [0, 0.1) is 12.3 Å². The Morgan fingerprint density at radius 1 is 1.40 bits per heavy atom. The highest BCUT2D eigenvalue weighted by molar-refractivity contribution is 5.86. The smallest absolute Gasteiger partial charge is 0.306 e. The number of anilines is 1. The number of carboxylic acid groups (broad SMARTS) is 1. The Kier molecular flexibility index (Phi) is 7.28. The van der Waals surface area contributed by atoms with Crippen molar-refractivity contribution in [2.75, 3.05) is 18.4 Å². The Balaban J connectivity index is 1.51. The fraction of sp³-hybridized carbons (Fsp3) is 0.545. The Hall–Kier alpha value is -3.08. The lowest BCUT2D eigenvalue weighted by Crippen LogP contribution is -2.45. The second-order valence-corrected chi connectivity index (χ2v) is 7.82. The SMILES string of the molecule is C#CC(CC(=O)O)NC(=O)CN(C(=O)CCCc1ccnc2c1CCCN2)C1CC1. The van der Waals surface area contributed by atoms with Gasteiger partial charge in [-0.25, -0.2) is 4.98 Å². The highest BCUT2D eigenvalue weighted by Crippen LogP contribution is 2.28. The minimum Gasteiger partial charge on any atom is -0.481 e. The number of fused-ring (bicyclic) bond motifs is 1. The van der Waals surface area contributed by atoms with Gasteiger partial charge < -0.3 is 20.6 Å². The number of aryl methyl sites for hydroxylation is 1. The van der Waals surface area contributed by atoms with Gasteiger partial charge in [-0.15, -0.1) is 6.42 Å². The van der Waals surface area contributed by atoms with E-state index in [9.17, 15) is 14.4 Å². The van der Waals surface area contributed by atoms with E-state index in [1.165, 1.54) is 11.1 Å². The first-order valence-electron chi connectivity index (χ1n) is 10.4. The molecule has 0 aromatic carbocycles. The third kappa shape index (κ3) is 5.96. The van der Waals surface area contributed by atoms with Gasteiger partial charge in [0.2, 0.25) is 11.8 Å². The van der Waals surface area contributed by atoms with Crippen LogP contribution in [0.2, 0.25) is 0 Å². The van der Waals surface area contributed by atoms with Gasteiger partial charge in [-0.1, -0.05) is 5.92 Å². The second-order valence-electron chi connectivity index (χ2n) is 7.82. The molecule has 0 saturated heterocycles. The summed E-state index contributed by atoms with van der Waals surface area (Å²) in [5.74, 6) is 1.66. The van der Waals surface area contributed by atoms with Crippen LogP contribution in [0.25, 0.3) is 0 Å². The van der Waals surface area contributed by atoms with Crippen molar-refractivity contribution in [2.24, 2.45) is 0 Å². The van der Waals surface area contributed by atoms with Crippen molar-refractivity contribution in [1.82, 2.24) is 15.2 Å². The van der Waals surface area contributed by atoms with Crippen molar-refractivity contribution in [3.05, 3.63) is 23.4 Å². The number of nitrogens with zero attached hydrogens (tertiary/aromatic N) is 2. The number of hydrogen-bond acceptors (Lipinski definition) is 5. The number of hydrogen-bond donors (Lipinski definition) is 3. The summed E-state index contributed by atoms with van der Waals surface area (Å²) in [6.07, 6.45) is 12.4. The average molecular weight is 412 g/mol. The molecule has 1 unspecified atom stereocenters. The molecular weight excluding hydrogens is 384 g/mol. The molecule has 0 radical (unpaired) electrons. The van der Waals surface area contributed by atoms with Gasteiger partial charge in [0.15, 0.2) is 0 Å². The number of amides is 2. The molecule has 2 amide bonds. The van der Waals surface area contributed by atoms with Crippen LogP contribution in [0.4, 0.5) is 5.82 Å². The fourth-order valence-corrected chi connectivity index (χ4v) is 3.77. The third-order valence-corrected chi connectivity index (χ3v) is 5.42. The molecule has 0 bridgehead atoms. The second kappa shape index (κ2) is 10.1. The molecule has 8 heteroatoms. The highest BCUT2D eigenvalue weighted by atomic mass is 16.4. The number of carbonyl (C=O) groups is 3. The number of aliphatic carboxylic acids is 1. The summed E-state index contributed by atoms with van der Waals surface area (Å²) in [5, 5.41) is 14.7. The van der Waals surface area contributed by atoms with E-state index >= 15 is 0 Å². The minimum atomic E-state index is -1.08. The monoisotopic (exact) mass is 412 g/mol. The molecule has 8 nitrogen and oxygen atoms in total. The van der Waals surface area contributed by atoms with Crippen LogP contribution in [-0.4, -0.2) is 57.9 Å². The zero-order valence-corrected chi connectivity index (χ0v) is 17.0. The van der Waals surface area contributed by atoms with Crippen LogP contribution in [0.15, 0.2) is 12.3 Å². The summed E-state index contributed by atoms with van der Waals surface area (Å²) in [7, 11) is 0. The van der Waals surface area contributed by atoms with Crippen molar-refractivity contribution in [3.8, 4) is 12.3 Å². The van der Waals surface area contributed by atoms with Crippen molar-refractivity contribution >= 4 is 23.6 Å². The molecule has 1 aliphatic carbocycles. The third-order valence-electron chi connectivity index (χ3n) is 5.42. The number of carboxylic acids is 1. The first-order chi connectivity index (χ1) is 14.5. The molecule has 1 fully saturated rings. The molecule has 2 heterocycles. The van der Waals surface area contributed by atoms with Crippen molar-refractivity contribution in [2.45, 2.75) is 63.5 Å². The van der Waals surface area contributed by atoms with Gasteiger partial charge in [0.1, 0.15) is 11.9 Å². The summed E-state index contributed by atoms with van der Waals surface area (Å²) < 4.78 is 0. The first-order valence-corrected chi connectivity index (χ1v) is 10.4. The van der Waals surface area contributed by atoms with E-state index in [1.807, 2.05) is 6.07 Å². The molecule has 30 heavy (non-hydrogen) atoms. The molecule has 1 saturated carbocycles. The van der Waals surface area contributed by atoms with E-state index in [-0.39, 0.29) is 24.9 Å². The number of carbonyl (C=O) groups excluding carboxylic acids is 2. The van der Waals surface area contributed by atoms with Gasteiger partial charge in [-0.05, 0) is 55.7 Å². The Labute approximate surface area is 176 Å². The Morgan fingerprint density at radius 2 is 2.20 bits per heavy atom. The molecular formula is C22H28N4O4. The zero-order valence-electron chi connectivity index (χ0n) is 17.0. The summed E-state index contributed by atoms with van der Waals surface area (Å²) in [4.78, 5) is 41.8. The molecule has 1 atom stereocenters. The predicted octanol–water partition coefficient (Wildman–Crippen LogP) is 1.35. The van der Waals surface area contributed by atoms with Gasteiger partial charge in [-0.2, -0.15) is 0 Å². The van der Waals surface area contributed by atoms with Gasteiger partial charge in [0.25, 0.3) is 0 Å². The summed E-state index contributed by atoms with van der Waals surface area (Å²) >= 11 is 0. The number of pyridine rings is 1. The normalized spacial score (nSPS) is 15.8. The summed E-state index contributed by atoms with van der Waals surface area (Å²) in [6, 6.07) is 1.23. The largest absolute Gasteiger partial charge is 0.481 e. The molecule has 1 aliphatic heterocycles. The minimum absolute atomic E-state index is 0.0517. The highest BCUT2D eigenvalue weighted by Gasteiger charge is 2.33. The van der Waals surface area contributed by atoms with Crippen LogP contribution in [0.1, 0.15) is 49.7 Å². The van der Waals surface area contributed by atoms with Crippen LogP contribution >= 0.6 is 0 Å². The van der Waals surface area contributed by atoms with Crippen molar-refractivity contribution < 1.29 is 19.5 Å². The zero-order chi connectivity index (χ0) is 21.5. The molecule has 3 rings (SSSR count). The molecule has 1 aromatic heterocycles. The lowest BCUT2D eigenvalue weighted by molar-refractivity contribution is -0.139. The maximum Gasteiger partial charge on any atom is 0.306 e. The van der Waals surface area contributed by atoms with Crippen molar-refractivity contribution in [1.29, 1.82) is 0 Å². The maximum absolute atomic E-state index is 12.8. The van der Waals surface area contributed by atoms with Gasteiger partial charge in [-0.3, -0.25) is 14.4 Å². The van der Waals surface area contributed by atoms with Gasteiger partial charge >= 0.3 is 5.97 Å². The number of rotatable bonds is 10. The van der Waals surface area contributed by atoms with Gasteiger partial charge in [0.05, 0.1) is 13.0 Å². The van der Waals surface area contributed by atoms with E-state index in [4.69, 9.17) is 11.5 Å². The van der Waals surface area contributed by atoms with Crippen molar-refractivity contribution in [3.63, 3.8) is 0 Å². The number of nitrogens with one attached hydrogen (secondary N) is 2. The van der Waals surface area contributed by atoms with Gasteiger partial charge in [0, 0.05) is 25.2 Å². The van der Waals surface area contributed by atoms with E-state index in [2.05, 4.69) is 21.5 Å². The standard InChI is InChI=1S/C22H28N4O4/c1-2-16(13-21(29)30)25-19(27)14-26(17-8-9-17)20(28)7-3-5-15-10-12-24-22-18(15)6-4-11-23-22/h1,10,12,16-17H,3-9,11,13-14H2,(H,23,24)(H,25,27)(H,29,30). The molecule has 2 aliphatic rings. The molecule has 3 N–H and O–H groups in total. The average Bonchev–Trinajstić information content (AvgIpc) is 3.56.